The van der Waals surface area contributed by atoms with Gasteiger partial charge in [0.15, 0.2) is 0 Å². The number of methoxy groups -OCH3 is 1. The van der Waals surface area contributed by atoms with Crippen LogP contribution in [0, 0.1) is 6.92 Å². The molecule has 0 heterocycles. The van der Waals surface area contributed by atoms with E-state index in [2.05, 4.69) is 4.74 Å². The zero-order valence-corrected chi connectivity index (χ0v) is 11.9. The van der Waals surface area contributed by atoms with Crippen LogP contribution in [0.15, 0.2) is 6.07 Å². The lowest BCUT2D eigenvalue weighted by Gasteiger charge is -2.29. The van der Waals surface area contributed by atoms with Crippen molar-refractivity contribution in [1.82, 2.24) is 0 Å². The minimum Gasteiger partial charge on any atom is -0.507 e. The first-order chi connectivity index (χ1) is 9.27. The SMILES string of the molecule is COC(=O)c1c(C(F)(F)Cl)cc(C)c(C2CCC2)c1O. The fourth-order valence-electron chi connectivity index (χ4n) is 2.56. The summed E-state index contributed by atoms with van der Waals surface area (Å²) < 4.78 is 31.4. The topological polar surface area (TPSA) is 46.5 Å². The Morgan fingerprint density at radius 2 is 2.10 bits per heavy atom. The van der Waals surface area contributed by atoms with Crippen molar-refractivity contribution in [3.63, 3.8) is 0 Å². The molecule has 0 spiro atoms. The molecule has 0 aliphatic heterocycles. The Bertz CT molecular complexity index is 548. The number of hydrogen-bond donors (Lipinski definition) is 1. The van der Waals surface area contributed by atoms with Crippen LogP contribution in [0.3, 0.4) is 0 Å². The molecule has 0 saturated heterocycles. The van der Waals surface area contributed by atoms with E-state index in [9.17, 15) is 18.7 Å². The maximum Gasteiger partial charge on any atom is 0.349 e. The van der Waals surface area contributed by atoms with Gasteiger partial charge in [-0.05, 0) is 48.9 Å². The van der Waals surface area contributed by atoms with Gasteiger partial charge in [-0.2, -0.15) is 8.78 Å². The van der Waals surface area contributed by atoms with Gasteiger partial charge in [0.2, 0.25) is 0 Å². The standard InChI is InChI=1S/C14H15ClF2O3/c1-7-6-9(14(15,16)17)11(13(19)20-2)12(18)10(7)8-4-3-5-8/h6,8,18H,3-5H2,1-2H3. The van der Waals surface area contributed by atoms with Crippen molar-refractivity contribution >= 4 is 17.6 Å². The first kappa shape index (κ1) is 15.0. The molecule has 3 nitrogen and oxygen atoms in total. The molecular weight excluding hydrogens is 290 g/mol. The molecule has 1 saturated carbocycles. The molecule has 1 fully saturated rings. The van der Waals surface area contributed by atoms with Crippen molar-refractivity contribution in [3.05, 3.63) is 28.3 Å². The van der Waals surface area contributed by atoms with Crippen molar-refractivity contribution in [1.29, 1.82) is 0 Å². The lowest BCUT2D eigenvalue weighted by molar-refractivity contribution is 0.0565. The summed E-state index contributed by atoms with van der Waals surface area (Å²) >= 11 is 5.04. The van der Waals surface area contributed by atoms with Crippen molar-refractivity contribution in [2.45, 2.75) is 37.5 Å². The largest absolute Gasteiger partial charge is 0.507 e. The fourth-order valence-corrected chi connectivity index (χ4v) is 2.71. The van der Waals surface area contributed by atoms with Crippen LogP contribution in [-0.4, -0.2) is 18.2 Å². The van der Waals surface area contributed by atoms with Crippen molar-refractivity contribution in [2.24, 2.45) is 0 Å². The summed E-state index contributed by atoms with van der Waals surface area (Å²) in [7, 11) is 1.07. The van der Waals surface area contributed by atoms with Gasteiger partial charge in [-0.3, -0.25) is 0 Å². The summed E-state index contributed by atoms with van der Waals surface area (Å²) in [5, 5.41) is 6.51. The van der Waals surface area contributed by atoms with Gasteiger partial charge in [-0.1, -0.05) is 6.42 Å². The second kappa shape index (κ2) is 5.20. The Balaban J connectivity index is 2.68. The quantitative estimate of drug-likeness (QED) is 0.677. The average Bonchev–Trinajstić information content (AvgIpc) is 2.29. The molecular formula is C14H15ClF2O3. The normalized spacial score (nSPS) is 15.8. The number of esters is 1. The van der Waals surface area contributed by atoms with Gasteiger partial charge in [-0.25, -0.2) is 4.79 Å². The van der Waals surface area contributed by atoms with Gasteiger partial charge in [0.05, 0.1) is 12.7 Å². The van der Waals surface area contributed by atoms with Crippen molar-refractivity contribution in [2.75, 3.05) is 7.11 Å². The number of aryl methyl sites for hydroxylation is 1. The van der Waals surface area contributed by atoms with Crippen LogP contribution in [0.25, 0.3) is 0 Å². The number of rotatable bonds is 3. The molecule has 0 radical (unpaired) electrons. The van der Waals surface area contributed by atoms with E-state index in [1.54, 1.807) is 6.92 Å². The van der Waals surface area contributed by atoms with Crippen LogP contribution in [-0.2, 0) is 10.1 Å². The van der Waals surface area contributed by atoms with E-state index in [-0.39, 0.29) is 5.92 Å². The molecule has 1 N–H and O–H groups in total. The van der Waals surface area contributed by atoms with E-state index in [1.165, 1.54) is 0 Å². The van der Waals surface area contributed by atoms with Crippen LogP contribution >= 0.6 is 11.6 Å². The smallest absolute Gasteiger partial charge is 0.349 e. The third kappa shape index (κ3) is 2.46. The number of aromatic hydroxyl groups is 1. The molecule has 1 aromatic carbocycles. The molecule has 0 unspecified atom stereocenters. The Morgan fingerprint density at radius 1 is 1.50 bits per heavy atom. The summed E-state index contributed by atoms with van der Waals surface area (Å²) in [4.78, 5) is 11.7. The molecule has 110 valence electrons. The van der Waals surface area contributed by atoms with Gasteiger partial charge in [0.25, 0.3) is 0 Å². The third-order valence-electron chi connectivity index (χ3n) is 3.76. The minimum atomic E-state index is -3.75. The van der Waals surface area contributed by atoms with E-state index in [0.717, 1.165) is 32.4 Å². The molecule has 6 heteroatoms. The number of phenols is 1. The van der Waals surface area contributed by atoms with E-state index in [0.29, 0.717) is 11.1 Å². The summed E-state index contributed by atoms with van der Waals surface area (Å²) in [6, 6.07) is 1.16. The number of alkyl halides is 3. The van der Waals surface area contributed by atoms with E-state index < -0.39 is 28.2 Å². The summed E-state index contributed by atoms with van der Waals surface area (Å²) in [5.41, 5.74) is -0.208. The van der Waals surface area contributed by atoms with Crippen LogP contribution in [0.4, 0.5) is 8.78 Å². The summed E-state index contributed by atoms with van der Waals surface area (Å²) in [6.45, 7) is 1.63. The average molecular weight is 305 g/mol. The number of carbonyl (C=O) groups is 1. The highest BCUT2D eigenvalue weighted by Gasteiger charge is 2.38. The number of hydrogen-bond acceptors (Lipinski definition) is 3. The molecule has 1 aliphatic rings. The fraction of sp³-hybridized carbons (Fsp3) is 0.500. The maximum atomic E-state index is 13.4. The van der Waals surface area contributed by atoms with Crippen LogP contribution < -0.4 is 0 Å². The first-order valence-corrected chi connectivity index (χ1v) is 6.67. The summed E-state index contributed by atoms with van der Waals surface area (Å²) in [6.07, 6.45) is 2.75. The van der Waals surface area contributed by atoms with Crippen LogP contribution in [0.1, 0.15) is 52.2 Å². The maximum absolute atomic E-state index is 13.4. The van der Waals surface area contributed by atoms with E-state index in [4.69, 9.17) is 11.6 Å². The molecule has 0 aromatic heterocycles. The molecule has 0 atom stereocenters. The number of carbonyl (C=O) groups excluding carboxylic acids is 1. The second-order valence-corrected chi connectivity index (χ2v) is 5.47. The van der Waals surface area contributed by atoms with Gasteiger partial charge in [-0.15, -0.1) is 0 Å². The number of phenolic OH excluding ortho intramolecular Hbond substituents is 1. The van der Waals surface area contributed by atoms with E-state index >= 15 is 0 Å². The third-order valence-corrected chi connectivity index (χ3v) is 3.96. The predicted octanol–water partition coefficient (Wildman–Crippen LogP) is 4.04. The summed E-state index contributed by atoms with van der Waals surface area (Å²) in [5.74, 6) is -1.35. The second-order valence-electron chi connectivity index (χ2n) is 5.00. The molecule has 1 aromatic rings. The number of halogens is 3. The van der Waals surface area contributed by atoms with Gasteiger partial charge >= 0.3 is 11.4 Å². The van der Waals surface area contributed by atoms with Gasteiger partial charge in [0.1, 0.15) is 11.3 Å². The molecule has 0 amide bonds. The zero-order chi connectivity index (χ0) is 15.1. The number of ether oxygens (including phenoxy) is 1. The Labute approximate surface area is 120 Å². The Kier molecular flexibility index (Phi) is 3.91. The zero-order valence-electron chi connectivity index (χ0n) is 11.2. The molecule has 2 rings (SSSR count). The highest BCUT2D eigenvalue weighted by atomic mass is 35.5. The Morgan fingerprint density at radius 3 is 2.50 bits per heavy atom. The van der Waals surface area contributed by atoms with Crippen LogP contribution in [0.2, 0.25) is 0 Å². The highest BCUT2D eigenvalue weighted by molar-refractivity contribution is 6.22. The predicted molar refractivity (Wildman–Crippen MR) is 70.5 cm³/mol. The first-order valence-electron chi connectivity index (χ1n) is 6.29. The Hall–Kier alpha value is -1.36. The van der Waals surface area contributed by atoms with Gasteiger partial charge < -0.3 is 9.84 Å². The molecule has 20 heavy (non-hydrogen) atoms. The lowest BCUT2D eigenvalue weighted by Crippen LogP contribution is -2.18. The van der Waals surface area contributed by atoms with Crippen molar-refractivity contribution in [3.8, 4) is 5.75 Å². The monoisotopic (exact) mass is 304 g/mol. The number of benzene rings is 1. The van der Waals surface area contributed by atoms with Crippen molar-refractivity contribution < 1.29 is 23.4 Å². The molecule has 1 aliphatic carbocycles. The minimum absolute atomic E-state index is 0.0939. The van der Waals surface area contributed by atoms with E-state index in [1.807, 2.05) is 0 Å². The van der Waals surface area contributed by atoms with Crippen LogP contribution in [0.5, 0.6) is 5.75 Å². The van der Waals surface area contributed by atoms with Gasteiger partial charge in [0, 0.05) is 5.56 Å². The lowest BCUT2D eigenvalue weighted by atomic mass is 9.76. The molecule has 0 bridgehead atoms. The highest BCUT2D eigenvalue weighted by Crippen LogP contribution is 2.47.